The molecule has 0 aliphatic carbocycles. The summed E-state index contributed by atoms with van der Waals surface area (Å²) in [7, 11) is 0. The molecule has 0 spiro atoms. The summed E-state index contributed by atoms with van der Waals surface area (Å²) in [4.78, 5) is 36.7. The summed E-state index contributed by atoms with van der Waals surface area (Å²) in [6.45, 7) is 5.73. The molecule has 0 aromatic heterocycles. The van der Waals surface area contributed by atoms with Crippen LogP contribution in [0.3, 0.4) is 0 Å². The van der Waals surface area contributed by atoms with E-state index in [4.69, 9.17) is 4.74 Å². The van der Waals surface area contributed by atoms with Gasteiger partial charge in [-0.1, -0.05) is 12.2 Å². The molecule has 9 heteroatoms. The molecular weight excluding hydrogens is 388 g/mol. The highest BCUT2D eigenvalue weighted by Crippen LogP contribution is 2.19. The first kappa shape index (κ1) is 22.9. The van der Waals surface area contributed by atoms with Crippen molar-refractivity contribution in [1.82, 2.24) is 10.2 Å². The fraction of sp³-hybridized carbons (Fsp3) is 0.476. The van der Waals surface area contributed by atoms with Gasteiger partial charge < -0.3 is 15.0 Å². The second-order valence-corrected chi connectivity index (χ2v) is 8.04. The molecule has 2 rings (SSSR count). The maximum Gasteiger partial charge on any atom is 0.408 e. The number of alkyl carbamates (subject to hydrolysis) is 1. The van der Waals surface area contributed by atoms with Crippen LogP contribution in [0.15, 0.2) is 30.3 Å². The molecule has 1 aliphatic rings. The van der Waals surface area contributed by atoms with Gasteiger partial charge in [-0.2, -0.15) is 5.26 Å². The number of rotatable bonds is 6. The minimum absolute atomic E-state index is 0.0256. The van der Waals surface area contributed by atoms with Gasteiger partial charge in [0.1, 0.15) is 11.6 Å². The van der Waals surface area contributed by atoms with Crippen LogP contribution in [0.25, 0.3) is 6.08 Å². The minimum atomic E-state index is -0.693. The van der Waals surface area contributed by atoms with Crippen molar-refractivity contribution in [2.75, 3.05) is 6.54 Å². The molecule has 0 radical (unpaired) electrons. The Balaban J connectivity index is 2.13. The third-order valence-corrected chi connectivity index (χ3v) is 4.44. The Morgan fingerprint density at radius 2 is 2.07 bits per heavy atom. The number of non-ortho nitro benzene ring substituents is 1. The number of hydrogen-bond donors (Lipinski definition) is 1. The smallest absolute Gasteiger partial charge is 0.408 e. The van der Waals surface area contributed by atoms with Crippen molar-refractivity contribution in [2.24, 2.45) is 0 Å². The zero-order valence-electron chi connectivity index (χ0n) is 17.3. The van der Waals surface area contributed by atoms with Crippen LogP contribution in [-0.4, -0.2) is 46.1 Å². The highest BCUT2D eigenvalue weighted by molar-refractivity contribution is 5.79. The van der Waals surface area contributed by atoms with Crippen LogP contribution in [0.2, 0.25) is 0 Å². The van der Waals surface area contributed by atoms with Crippen molar-refractivity contribution in [3.8, 4) is 6.07 Å². The predicted octanol–water partition coefficient (Wildman–Crippen LogP) is 3.41. The number of nitro benzene ring substituents is 1. The summed E-state index contributed by atoms with van der Waals surface area (Å²) >= 11 is 0. The number of nitrogens with one attached hydrogen (secondary N) is 1. The summed E-state index contributed by atoms with van der Waals surface area (Å²) in [6.07, 6.45) is 4.04. The van der Waals surface area contributed by atoms with E-state index >= 15 is 0 Å². The van der Waals surface area contributed by atoms with Crippen LogP contribution in [0.1, 0.15) is 45.6 Å². The molecule has 1 aromatic rings. The van der Waals surface area contributed by atoms with Crippen molar-refractivity contribution < 1.29 is 19.2 Å². The van der Waals surface area contributed by atoms with E-state index < -0.39 is 28.7 Å². The minimum Gasteiger partial charge on any atom is -0.444 e. The largest absolute Gasteiger partial charge is 0.444 e. The lowest BCUT2D eigenvalue weighted by Gasteiger charge is -2.24. The Morgan fingerprint density at radius 1 is 1.40 bits per heavy atom. The van der Waals surface area contributed by atoms with E-state index in [1.807, 2.05) is 0 Å². The molecule has 160 valence electrons. The van der Waals surface area contributed by atoms with Crippen molar-refractivity contribution >= 4 is 23.8 Å². The summed E-state index contributed by atoms with van der Waals surface area (Å²) in [5, 5.41) is 22.7. The van der Waals surface area contributed by atoms with Gasteiger partial charge in [0.2, 0.25) is 5.91 Å². The number of nitro groups is 1. The van der Waals surface area contributed by atoms with Crippen molar-refractivity contribution in [3.05, 3.63) is 46.0 Å². The normalized spacial score (nSPS) is 17.4. The van der Waals surface area contributed by atoms with Gasteiger partial charge in [-0.25, -0.2) is 4.79 Å². The van der Waals surface area contributed by atoms with E-state index in [1.54, 1.807) is 45.1 Å². The molecule has 2 atom stereocenters. The number of nitriles is 1. The number of hydrogen-bond acceptors (Lipinski definition) is 6. The molecule has 30 heavy (non-hydrogen) atoms. The maximum atomic E-state index is 12.7. The van der Waals surface area contributed by atoms with Crippen LogP contribution in [0.4, 0.5) is 10.5 Å². The van der Waals surface area contributed by atoms with Crippen LogP contribution < -0.4 is 5.32 Å². The van der Waals surface area contributed by atoms with Gasteiger partial charge in [0.25, 0.3) is 5.69 Å². The first-order valence-corrected chi connectivity index (χ1v) is 9.70. The average molecular weight is 414 g/mol. The highest BCUT2D eigenvalue weighted by atomic mass is 16.6. The molecule has 0 bridgehead atoms. The van der Waals surface area contributed by atoms with Crippen LogP contribution in [0.5, 0.6) is 0 Å². The Morgan fingerprint density at radius 3 is 2.63 bits per heavy atom. The first-order valence-electron chi connectivity index (χ1n) is 9.70. The molecule has 1 aliphatic heterocycles. The Bertz CT molecular complexity index is 852. The van der Waals surface area contributed by atoms with Crippen LogP contribution >= 0.6 is 0 Å². The number of benzene rings is 1. The van der Waals surface area contributed by atoms with E-state index in [1.165, 1.54) is 17.0 Å². The quantitative estimate of drug-likeness (QED) is 0.562. The fourth-order valence-electron chi connectivity index (χ4n) is 3.07. The van der Waals surface area contributed by atoms with Crippen LogP contribution in [-0.2, 0) is 9.53 Å². The number of carbonyl (C=O) groups excluding carboxylic acids is 2. The summed E-state index contributed by atoms with van der Waals surface area (Å²) in [5.41, 5.74) is -0.0378. The Labute approximate surface area is 175 Å². The molecule has 2 amide bonds. The molecule has 0 saturated carbocycles. The summed E-state index contributed by atoms with van der Waals surface area (Å²) in [5.74, 6) is -0.228. The van der Waals surface area contributed by atoms with Crippen LogP contribution in [0, 0.1) is 21.4 Å². The van der Waals surface area contributed by atoms with Gasteiger partial charge in [0.05, 0.1) is 23.5 Å². The SMILES string of the molecule is CC(C)(C)OC(=O)NC(C=Cc1ccc([N+](=O)[O-])cc1)CC(=O)N1CCC[C@H]1C#N. The molecule has 1 unspecified atom stereocenters. The van der Waals surface area contributed by atoms with Crippen molar-refractivity contribution in [1.29, 1.82) is 5.26 Å². The Kier molecular flexibility index (Phi) is 7.53. The lowest BCUT2D eigenvalue weighted by molar-refractivity contribution is -0.384. The number of amides is 2. The van der Waals surface area contributed by atoms with Gasteiger partial charge in [-0.05, 0) is 51.3 Å². The zero-order chi connectivity index (χ0) is 22.3. The van der Waals surface area contributed by atoms with E-state index in [9.17, 15) is 25.0 Å². The van der Waals surface area contributed by atoms with Crippen molar-refractivity contribution in [2.45, 2.75) is 57.7 Å². The third-order valence-electron chi connectivity index (χ3n) is 4.44. The number of nitrogens with zero attached hydrogens (tertiary/aromatic N) is 3. The van der Waals surface area contributed by atoms with Gasteiger partial charge in [0, 0.05) is 18.7 Å². The standard InChI is InChI=1S/C21H26N4O5/c1-21(2,3)30-20(27)23-16(13-19(26)24-12-4-5-18(24)14-22)9-6-15-7-10-17(11-8-15)25(28)29/h6-11,16,18H,4-5,12-13H2,1-3H3,(H,23,27)/t16?,18-/m0/s1. The molecule has 9 nitrogen and oxygen atoms in total. The topological polar surface area (TPSA) is 126 Å². The molecule has 1 saturated heterocycles. The lowest BCUT2D eigenvalue weighted by Crippen LogP contribution is -2.43. The number of ether oxygens (including phenoxy) is 1. The second kappa shape index (κ2) is 9.87. The second-order valence-electron chi connectivity index (χ2n) is 8.04. The molecule has 1 N–H and O–H groups in total. The molecular formula is C21H26N4O5. The van der Waals surface area contributed by atoms with Gasteiger partial charge in [-0.3, -0.25) is 14.9 Å². The van der Waals surface area contributed by atoms with Crippen molar-refractivity contribution in [3.63, 3.8) is 0 Å². The Hall–Kier alpha value is -3.41. The van der Waals surface area contributed by atoms with E-state index in [0.717, 1.165) is 6.42 Å². The fourth-order valence-corrected chi connectivity index (χ4v) is 3.07. The third kappa shape index (κ3) is 6.88. The van der Waals surface area contributed by atoms with Gasteiger partial charge in [-0.15, -0.1) is 0 Å². The molecule has 1 fully saturated rings. The summed E-state index contributed by atoms with van der Waals surface area (Å²) in [6, 6.07) is 6.93. The highest BCUT2D eigenvalue weighted by Gasteiger charge is 2.30. The van der Waals surface area contributed by atoms with E-state index in [2.05, 4.69) is 11.4 Å². The predicted molar refractivity (Wildman–Crippen MR) is 110 cm³/mol. The zero-order valence-corrected chi connectivity index (χ0v) is 17.3. The number of likely N-dealkylation sites (tertiary alicyclic amines) is 1. The maximum absolute atomic E-state index is 12.7. The average Bonchev–Trinajstić information content (AvgIpc) is 3.13. The van der Waals surface area contributed by atoms with Gasteiger partial charge in [0.15, 0.2) is 0 Å². The first-order chi connectivity index (χ1) is 14.1. The monoisotopic (exact) mass is 414 g/mol. The van der Waals surface area contributed by atoms with E-state index in [-0.39, 0.29) is 18.0 Å². The molecule has 1 aromatic carbocycles. The molecule has 1 heterocycles. The lowest BCUT2D eigenvalue weighted by atomic mass is 10.1. The summed E-state index contributed by atoms with van der Waals surface area (Å²) < 4.78 is 5.28. The number of carbonyl (C=O) groups is 2. The van der Waals surface area contributed by atoms with Gasteiger partial charge >= 0.3 is 6.09 Å². The van der Waals surface area contributed by atoms with E-state index in [0.29, 0.717) is 18.5 Å².